The lowest BCUT2D eigenvalue weighted by molar-refractivity contribution is -0.385. The number of ether oxygens (including phenoxy) is 1. The molecule has 1 aromatic carbocycles. The third-order valence-electron chi connectivity index (χ3n) is 2.17. The summed E-state index contributed by atoms with van der Waals surface area (Å²) in [5.41, 5.74) is 0.295. The van der Waals surface area contributed by atoms with E-state index in [0.717, 1.165) is 0 Å². The molecule has 0 spiro atoms. The number of halogens is 3. The van der Waals surface area contributed by atoms with Gasteiger partial charge in [0, 0.05) is 16.1 Å². The van der Waals surface area contributed by atoms with Crippen molar-refractivity contribution in [3.8, 4) is 11.8 Å². The van der Waals surface area contributed by atoms with Crippen molar-refractivity contribution in [2.75, 3.05) is 0 Å². The Kier molecular flexibility index (Phi) is 4.36. The van der Waals surface area contributed by atoms with E-state index in [-0.39, 0.29) is 28.0 Å². The van der Waals surface area contributed by atoms with Gasteiger partial charge in [0.15, 0.2) is 0 Å². The first kappa shape index (κ1) is 14.9. The topological polar surface area (TPSA) is 91.0 Å². The lowest BCUT2D eigenvalue weighted by Gasteiger charge is -2.08. The number of nitro benzene ring substituents is 1. The average Bonchev–Trinajstić information content (AvgIpc) is 2.30. The lowest BCUT2D eigenvalue weighted by Crippen LogP contribution is -2.00. The highest BCUT2D eigenvalue weighted by molar-refractivity contribution is 9.10. The van der Waals surface area contributed by atoms with Crippen LogP contribution >= 0.6 is 39.1 Å². The molecule has 10 heteroatoms. The van der Waals surface area contributed by atoms with Crippen LogP contribution in [0.1, 0.15) is 5.56 Å². The van der Waals surface area contributed by atoms with Crippen molar-refractivity contribution in [1.29, 1.82) is 0 Å². The van der Waals surface area contributed by atoms with Crippen molar-refractivity contribution in [2.24, 2.45) is 0 Å². The molecular formula is C10H5BrCl2N4O3. The number of nitro groups is 1. The highest BCUT2D eigenvalue weighted by atomic mass is 79.9. The van der Waals surface area contributed by atoms with Crippen LogP contribution in [0.4, 0.5) is 5.69 Å². The SMILES string of the molecule is Cc1cc(Br)cc([N+](=O)[O-])c1Oc1nc(Cl)nc(Cl)n1. The second-order valence-electron chi connectivity index (χ2n) is 3.59. The molecule has 104 valence electrons. The van der Waals surface area contributed by atoms with E-state index < -0.39 is 4.92 Å². The van der Waals surface area contributed by atoms with E-state index in [1.165, 1.54) is 6.07 Å². The fraction of sp³-hybridized carbons (Fsp3) is 0.100. The summed E-state index contributed by atoms with van der Waals surface area (Å²) in [5.74, 6) is 0.0107. The molecule has 0 amide bonds. The van der Waals surface area contributed by atoms with E-state index in [9.17, 15) is 10.1 Å². The van der Waals surface area contributed by atoms with Crippen LogP contribution in [0.2, 0.25) is 10.6 Å². The van der Waals surface area contributed by atoms with Crippen LogP contribution in [0.5, 0.6) is 11.8 Å². The minimum Gasteiger partial charge on any atom is -0.416 e. The molecule has 2 rings (SSSR count). The lowest BCUT2D eigenvalue weighted by atomic mass is 10.2. The molecule has 0 bridgehead atoms. The second-order valence-corrected chi connectivity index (χ2v) is 5.18. The second kappa shape index (κ2) is 5.86. The minimum absolute atomic E-state index is 0.0107. The molecule has 20 heavy (non-hydrogen) atoms. The van der Waals surface area contributed by atoms with E-state index >= 15 is 0 Å². The largest absolute Gasteiger partial charge is 0.416 e. The maximum absolute atomic E-state index is 11.0. The van der Waals surface area contributed by atoms with E-state index in [1.54, 1.807) is 13.0 Å². The molecule has 0 fully saturated rings. The Morgan fingerprint density at radius 3 is 2.40 bits per heavy atom. The Balaban J connectivity index is 2.50. The molecule has 1 heterocycles. The zero-order valence-corrected chi connectivity index (χ0v) is 12.9. The first-order valence-corrected chi connectivity index (χ1v) is 6.61. The number of aryl methyl sites for hydroxylation is 1. The van der Waals surface area contributed by atoms with Crippen LogP contribution in [0.3, 0.4) is 0 Å². The molecule has 7 nitrogen and oxygen atoms in total. The molecule has 2 aromatic rings. The monoisotopic (exact) mass is 378 g/mol. The van der Waals surface area contributed by atoms with Crippen molar-refractivity contribution in [3.63, 3.8) is 0 Å². The van der Waals surface area contributed by atoms with Gasteiger partial charge in [0.1, 0.15) is 0 Å². The Hall–Kier alpha value is -1.51. The predicted molar refractivity (Wildman–Crippen MR) is 75.5 cm³/mol. The van der Waals surface area contributed by atoms with Crippen LogP contribution in [-0.4, -0.2) is 19.9 Å². The summed E-state index contributed by atoms with van der Waals surface area (Å²) in [5, 5.41) is 10.7. The van der Waals surface area contributed by atoms with Gasteiger partial charge in [-0.15, -0.1) is 0 Å². The smallest absolute Gasteiger partial charge is 0.327 e. The first-order chi connectivity index (χ1) is 9.36. The quantitative estimate of drug-likeness (QED) is 0.592. The fourth-order valence-corrected chi connectivity index (χ4v) is 2.33. The van der Waals surface area contributed by atoms with Crippen LogP contribution in [0.25, 0.3) is 0 Å². The van der Waals surface area contributed by atoms with E-state index in [4.69, 9.17) is 27.9 Å². The first-order valence-electron chi connectivity index (χ1n) is 5.06. The highest BCUT2D eigenvalue weighted by Crippen LogP contribution is 2.36. The Labute approximate surface area is 131 Å². The molecule has 0 atom stereocenters. The van der Waals surface area contributed by atoms with Crippen molar-refractivity contribution in [1.82, 2.24) is 15.0 Å². The Bertz CT molecular complexity index is 678. The summed E-state index contributed by atoms with van der Waals surface area (Å²) < 4.78 is 5.88. The van der Waals surface area contributed by atoms with Gasteiger partial charge in [-0.2, -0.15) is 15.0 Å². The Morgan fingerprint density at radius 1 is 1.25 bits per heavy atom. The summed E-state index contributed by atoms with van der Waals surface area (Å²) in [7, 11) is 0. The minimum atomic E-state index is -0.572. The summed E-state index contributed by atoms with van der Waals surface area (Å²) >= 11 is 14.4. The molecule has 0 N–H and O–H groups in total. The fourth-order valence-electron chi connectivity index (χ4n) is 1.43. The Morgan fingerprint density at radius 2 is 1.85 bits per heavy atom. The number of rotatable bonds is 3. The van der Waals surface area contributed by atoms with E-state index in [1.807, 2.05) is 0 Å². The van der Waals surface area contributed by atoms with Crippen molar-refractivity contribution >= 4 is 44.8 Å². The van der Waals surface area contributed by atoms with E-state index in [2.05, 4.69) is 30.9 Å². The number of hydrogen-bond acceptors (Lipinski definition) is 6. The standard InChI is InChI=1S/C10H5BrCl2N4O3/c1-4-2-5(11)3-6(17(18)19)7(4)20-10-15-8(12)14-9(13)16-10/h2-3H,1H3. The zero-order chi connectivity index (χ0) is 14.9. The van der Waals surface area contributed by atoms with Crippen LogP contribution in [0, 0.1) is 17.0 Å². The molecular weight excluding hydrogens is 375 g/mol. The third kappa shape index (κ3) is 3.33. The third-order valence-corrected chi connectivity index (χ3v) is 2.97. The van der Waals surface area contributed by atoms with Crippen LogP contribution in [-0.2, 0) is 0 Å². The van der Waals surface area contributed by atoms with Gasteiger partial charge in [-0.05, 0) is 36.2 Å². The number of benzene rings is 1. The highest BCUT2D eigenvalue weighted by Gasteiger charge is 2.21. The number of hydrogen-bond donors (Lipinski definition) is 0. The van der Waals surface area contributed by atoms with Gasteiger partial charge in [0.2, 0.25) is 16.3 Å². The maximum atomic E-state index is 11.0. The molecule has 1 aromatic heterocycles. The van der Waals surface area contributed by atoms with Gasteiger partial charge in [0.05, 0.1) is 4.92 Å². The molecule has 0 unspecified atom stereocenters. The summed E-state index contributed by atoms with van der Waals surface area (Å²) in [6, 6.07) is 2.75. The number of aromatic nitrogens is 3. The zero-order valence-electron chi connectivity index (χ0n) is 9.80. The van der Waals surface area contributed by atoms with Crippen LogP contribution in [0.15, 0.2) is 16.6 Å². The van der Waals surface area contributed by atoms with Gasteiger partial charge in [-0.25, -0.2) is 0 Å². The van der Waals surface area contributed by atoms with Gasteiger partial charge in [-0.3, -0.25) is 10.1 Å². The summed E-state index contributed by atoms with van der Waals surface area (Å²) in [6.07, 6.45) is 0. The van der Waals surface area contributed by atoms with Gasteiger partial charge >= 0.3 is 11.7 Å². The van der Waals surface area contributed by atoms with Gasteiger partial charge in [-0.1, -0.05) is 15.9 Å². The van der Waals surface area contributed by atoms with Crippen molar-refractivity contribution < 1.29 is 9.66 Å². The molecule has 0 saturated heterocycles. The number of nitrogens with zero attached hydrogens (tertiary/aromatic N) is 4. The summed E-state index contributed by atoms with van der Waals surface area (Å²) in [6.45, 7) is 1.65. The van der Waals surface area contributed by atoms with Gasteiger partial charge < -0.3 is 4.74 Å². The molecule has 0 radical (unpaired) electrons. The van der Waals surface area contributed by atoms with Crippen molar-refractivity contribution in [2.45, 2.75) is 6.92 Å². The normalized spacial score (nSPS) is 10.4. The molecule has 0 aliphatic carbocycles. The predicted octanol–water partition coefficient (Wildman–Crippen LogP) is 3.95. The summed E-state index contributed by atoms with van der Waals surface area (Å²) in [4.78, 5) is 21.4. The van der Waals surface area contributed by atoms with Crippen molar-refractivity contribution in [3.05, 3.63) is 42.9 Å². The molecule has 0 saturated carbocycles. The van der Waals surface area contributed by atoms with Gasteiger partial charge in [0.25, 0.3) is 0 Å². The molecule has 0 aliphatic heterocycles. The van der Waals surface area contributed by atoms with E-state index in [0.29, 0.717) is 10.0 Å². The molecule has 0 aliphatic rings. The average molecular weight is 380 g/mol. The van der Waals surface area contributed by atoms with Crippen LogP contribution < -0.4 is 4.74 Å². The maximum Gasteiger partial charge on any atom is 0.327 e.